The Labute approximate surface area is 253 Å². The number of ether oxygens (including phenoxy) is 11. The van der Waals surface area contributed by atoms with Crippen LogP contribution in [-0.2, 0) is 56.9 Å². The summed E-state index contributed by atoms with van der Waals surface area (Å²) in [5.41, 5.74) is 5.32. The van der Waals surface area contributed by atoms with Crippen LogP contribution in [0.15, 0.2) is 0 Å². The van der Waals surface area contributed by atoms with Gasteiger partial charge in [-0.2, -0.15) is 0 Å². The summed E-state index contributed by atoms with van der Waals surface area (Å²) in [4.78, 5) is 11.5. The molecule has 0 aromatic rings. The maximum atomic E-state index is 11.5. The predicted molar refractivity (Wildman–Crippen MR) is 157 cm³/mol. The third-order valence-corrected chi connectivity index (χ3v) is 5.34. The molecule has 0 bridgehead atoms. The lowest BCUT2D eigenvalue weighted by atomic mass is 10.2. The average molecular weight is 614 g/mol. The van der Waals surface area contributed by atoms with Crippen LogP contribution in [0.3, 0.4) is 0 Å². The molecule has 0 unspecified atom stereocenters. The molecule has 0 atom stereocenters. The van der Waals surface area contributed by atoms with Crippen molar-refractivity contribution in [3.05, 3.63) is 0 Å². The maximum absolute atomic E-state index is 11.5. The van der Waals surface area contributed by atoms with E-state index in [2.05, 4.69) is 6.92 Å². The van der Waals surface area contributed by atoms with Crippen LogP contribution in [0.2, 0.25) is 0 Å². The van der Waals surface area contributed by atoms with Crippen molar-refractivity contribution in [1.82, 2.24) is 0 Å². The first-order chi connectivity index (χ1) is 20.8. The fourth-order valence-corrected chi connectivity index (χ4v) is 3.15. The van der Waals surface area contributed by atoms with E-state index in [4.69, 9.17) is 57.8 Å². The molecule has 0 fully saturated rings. The van der Waals surface area contributed by atoms with Crippen LogP contribution in [0.4, 0.5) is 0 Å². The monoisotopic (exact) mass is 613 g/mol. The zero-order chi connectivity index (χ0) is 30.4. The SMILES string of the molecule is CCCCCCC(=O)OCCOCCOCCOCCOCCOCCOCCOCCOCCOCCOCCN. The summed E-state index contributed by atoms with van der Waals surface area (Å²) in [6.07, 6.45) is 4.76. The van der Waals surface area contributed by atoms with Crippen molar-refractivity contribution in [2.45, 2.75) is 39.0 Å². The Balaban J connectivity index is 3.07. The molecule has 0 aliphatic heterocycles. The molecule has 0 amide bonds. The number of hydrogen-bond acceptors (Lipinski definition) is 13. The highest BCUT2D eigenvalue weighted by Crippen LogP contribution is 2.03. The highest BCUT2D eigenvalue weighted by Gasteiger charge is 2.02. The smallest absolute Gasteiger partial charge is 0.305 e. The van der Waals surface area contributed by atoms with Gasteiger partial charge in [-0.05, 0) is 6.42 Å². The molecule has 42 heavy (non-hydrogen) atoms. The molecule has 0 aromatic carbocycles. The summed E-state index contributed by atoms with van der Waals surface area (Å²) in [5.74, 6) is -0.152. The number of nitrogens with two attached hydrogens (primary N) is 1. The second kappa shape index (κ2) is 38.1. The summed E-state index contributed by atoms with van der Waals surface area (Å²) in [7, 11) is 0. The molecule has 0 rings (SSSR count). The minimum absolute atomic E-state index is 0.152. The van der Waals surface area contributed by atoms with E-state index in [1.165, 1.54) is 0 Å². The molecule has 0 aromatic heterocycles. The summed E-state index contributed by atoms with van der Waals surface area (Å²) in [5, 5.41) is 0. The van der Waals surface area contributed by atoms with Crippen molar-refractivity contribution < 1.29 is 56.9 Å². The molecule has 0 radical (unpaired) electrons. The maximum Gasteiger partial charge on any atom is 0.305 e. The number of esters is 1. The topological polar surface area (TPSA) is 145 Å². The van der Waals surface area contributed by atoms with E-state index < -0.39 is 0 Å². The molecule has 0 saturated heterocycles. The van der Waals surface area contributed by atoms with Crippen molar-refractivity contribution in [1.29, 1.82) is 0 Å². The quantitative estimate of drug-likeness (QED) is 0.0801. The van der Waals surface area contributed by atoms with Crippen molar-refractivity contribution in [2.24, 2.45) is 5.73 Å². The molecule has 0 spiro atoms. The third kappa shape index (κ3) is 37.1. The van der Waals surface area contributed by atoms with Crippen molar-refractivity contribution in [3.63, 3.8) is 0 Å². The standard InChI is InChI=1S/C29H59NO12/c1-2-3-4-5-6-29(31)42-28-27-41-26-25-40-24-23-39-22-21-38-20-19-37-18-17-36-16-15-35-14-13-34-12-11-33-10-9-32-8-7-30/h2-28,30H2,1H3. The van der Waals surface area contributed by atoms with E-state index in [0.29, 0.717) is 145 Å². The number of unbranched alkanes of at least 4 members (excludes halogenated alkanes) is 3. The lowest BCUT2D eigenvalue weighted by Crippen LogP contribution is -2.16. The van der Waals surface area contributed by atoms with Crippen LogP contribution >= 0.6 is 0 Å². The number of carbonyl (C=O) groups excluding carboxylic acids is 1. The van der Waals surface area contributed by atoms with Crippen LogP contribution in [0, 0.1) is 0 Å². The molecular formula is C29H59NO12. The van der Waals surface area contributed by atoms with Crippen LogP contribution < -0.4 is 5.73 Å². The normalized spacial score (nSPS) is 11.4. The molecule has 13 nitrogen and oxygen atoms in total. The van der Waals surface area contributed by atoms with Gasteiger partial charge >= 0.3 is 5.97 Å². The number of carbonyl (C=O) groups is 1. The van der Waals surface area contributed by atoms with Crippen LogP contribution in [0.25, 0.3) is 0 Å². The fourth-order valence-electron chi connectivity index (χ4n) is 3.15. The van der Waals surface area contributed by atoms with Gasteiger partial charge in [-0.3, -0.25) is 4.79 Å². The molecule has 0 aliphatic carbocycles. The Hall–Kier alpha value is -0.970. The lowest BCUT2D eigenvalue weighted by Gasteiger charge is -2.09. The van der Waals surface area contributed by atoms with Gasteiger partial charge in [0.1, 0.15) is 6.61 Å². The van der Waals surface area contributed by atoms with Gasteiger partial charge in [-0.15, -0.1) is 0 Å². The molecule has 13 heteroatoms. The van der Waals surface area contributed by atoms with E-state index in [9.17, 15) is 4.79 Å². The minimum atomic E-state index is -0.152. The van der Waals surface area contributed by atoms with E-state index in [-0.39, 0.29) is 12.6 Å². The summed E-state index contributed by atoms with van der Waals surface area (Å²) < 4.78 is 59.2. The zero-order valence-corrected chi connectivity index (χ0v) is 26.1. The van der Waals surface area contributed by atoms with Gasteiger partial charge in [0, 0.05) is 13.0 Å². The lowest BCUT2D eigenvalue weighted by molar-refractivity contribution is -0.145. The molecule has 0 heterocycles. The highest BCUT2D eigenvalue weighted by molar-refractivity contribution is 5.69. The number of hydrogen-bond donors (Lipinski definition) is 1. The minimum Gasteiger partial charge on any atom is -0.463 e. The predicted octanol–water partition coefficient (Wildman–Crippen LogP) is 1.62. The van der Waals surface area contributed by atoms with Crippen LogP contribution in [0.5, 0.6) is 0 Å². The fraction of sp³-hybridized carbons (Fsp3) is 0.966. The first-order valence-electron chi connectivity index (χ1n) is 15.4. The van der Waals surface area contributed by atoms with Gasteiger partial charge in [-0.25, -0.2) is 0 Å². The Morgan fingerprint density at radius 2 is 0.690 bits per heavy atom. The first kappa shape index (κ1) is 41.0. The summed E-state index contributed by atoms with van der Waals surface area (Å²) >= 11 is 0. The molecule has 0 aliphatic rings. The third-order valence-electron chi connectivity index (χ3n) is 5.34. The Kier molecular flexibility index (Phi) is 37.2. The summed E-state index contributed by atoms with van der Waals surface area (Å²) in [6, 6.07) is 0. The van der Waals surface area contributed by atoms with Gasteiger partial charge < -0.3 is 57.8 Å². The first-order valence-corrected chi connectivity index (χ1v) is 15.4. The highest BCUT2D eigenvalue weighted by atomic mass is 16.6. The number of rotatable bonds is 37. The van der Waals surface area contributed by atoms with Crippen molar-refractivity contribution >= 4 is 5.97 Å². The molecular weight excluding hydrogens is 554 g/mol. The Bertz CT molecular complexity index is 519. The Morgan fingerprint density at radius 1 is 0.405 bits per heavy atom. The average Bonchev–Trinajstić information content (AvgIpc) is 3.00. The Morgan fingerprint density at radius 3 is 0.976 bits per heavy atom. The van der Waals surface area contributed by atoms with Crippen LogP contribution in [0.1, 0.15) is 39.0 Å². The van der Waals surface area contributed by atoms with Crippen molar-refractivity contribution in [3.8, 4) is 0 Å². The molecule has 0 saturated carbocycles. The van der Waals surface area contributed by atoms with Gasteiger partial charge in [0.05, 0.1) is 132 Å². The summed E-state index contributed by atoms with van der Waals surface area (Å²) in [6.45, 7) is 13.0. The van der Waals surface area contributed by atoms with Crippen LogP contribution in [-0.4, -0.2) is 151 Å². The molecule has 2 N–H and O–H groups in total. The second-order valence-electron chi connectivity index (χ2n) is 8.94. The van der Waals surface area contributed by atoms with E-state index in [0.717, 1.165) is 25.7 Å². The van der Waals surface area contributed by atoms with Crippen molar-refractivity contribution in [2.75, 3.05) is 145 Å². The second-order valence-corrected chi connectivity index (χ2v) is 8.94. The van der Waals surface area contributed by atoms with Gasteiger partial charge in [0.15, 0.2) is 0 Å². The molecule has 252 valence electrons. The van der Waals surface area contributed by atoms with E-state index in [1.807, 2.05) is 0 Å². The van der Waals surface area contributed by atoms with Gasteiger partial charge in [-0.1, -0.05) is 26.2 Å². The van der Waals surface area contributed by atoms with E-state index in [1.54, 1.807) is 0 Å². The zero-order valence-electron chi connectivity index (χ0n) is 26.1. The largest absolute Gasteiger partial charge is 0.463 e. The van der Waals surface area contributed by atoms with Gasteiger partial charge in [0.2, 0.25) is 0 Å². The van der Waals surface area contributed by atoms with E-state index >= 15 is 0 Å². The van der Waals surface area contributed by atoms with Gasteiger partial charge in [0.25, 0.3) is 0 Å².